The van der Waals surface area contributed by atoms with Gasteiger partial charge in [-0.2, -0.15) is 0 Å². The lowest BCUT2D eigenvalue weighted by Crippen LogP contribution is -2.01. The van der Waals surface area contributed by atoms with Crippen LogP contribution in [0.5, 0.6) is 0 Å². The molecule has 7 nitrogen and oxygen atoms in total. The lowest BCUT2D eigenvalue weighted by Gasteiger charge is -2.10. The SMILES string of the molecule is CCn1c(Sc2nc(-c3ccncc3)nc3ccccc23)nnc1-c1ccoc1C. The van der Waals surface area contributed by atoms with Crippen molar-refractivity contribution < 1.29 is 4.42 Å². The van der Waals surface area contributed by atoms with Gasteiger partial charge in [0.1, 0.15) is 10.8 Å². The van der Waals surface area contributed by atoms with Gasteiger partial charge in [-0.1, -0.05) is 18.2 Å². The summed E-state index contributed by atoms with van der Waals surface area (Å²) in [5.74, 6) is 2.27. The number of rotatable bonds is 5. The number of pyridine rings is 1. The molecule has 148 valence electrons. The topological polar surface area (TPSA) is 82.5 Å². The van der Waals surface area contributed by atoms with Crippen LogP contribution >= 0.6 is 11.8 Å². The van der Waals surface area contributed by atoms with Gasteiger partial charge in [-0.15, -0.1) is 10.2 Å². The Hall–Kier alpha value is -3.52. The third-order valence-corrected chi connectivity index (χ3v) is 5.82. The van der Waals surface area contributed by atoms with E-state index < -0.39 is 0 Å². The summed E-state index contributed by atoms with van der Waals surface area (Å²) in [5.41, 5.74) is 2.75. The smallest absolute Gasteiger partial charge is 0.197 e. The van der Waals surface area contributed by atoms with Gasteiger partial charge in [-0.3, -0.25) is 4.98 Å². The van der Waals surface area contributed by atoms with Crippen LogP contribution in [0.2, 0.25) is 0 Å². The Bertz CT molecular complexity index is 1330. The number of hydrogen-bond acceptors (Lipinski definition) is 7. The molecule has 0 saturated heterocycles. The van der Waals surface area contributed by atoms with Crippen molar-refractivity contribution in [1.29, 1.82) is 0 Å². The molecule has 0 saturated carbocycles. The maximum Gasteiger partial charge on any atom is 0.197 e. The Morgan fingerprint density at radius 3 is 2.60 bits per heavy atom. The molecule has 8 heteroatoms. The Morgan fingerprint density at radius 1 is 1.00 bits per heavy atom. The molecule has 0 atom stereocenters. The van der Waals surface area contributed by atoms with Gasteiger partial charge in [0.2, 0.25) is 0 Å². The number of fused-ring (bicyclic) bond motifs is 1. The molecule has 4 heterocycles. The van der Waals surface area contributed by atoms with Crippen LogP contribution in [-0.2, 0) is 6.54 Å². The standard InChI is InChI=1S/C22H18N6OS/c1-3-28-20(16-10-13-29-14(16)2)26-27-22(28)30-21-17-6-4-5-7-18(17)24-19(25-21)15-8-11-23-12-9-15/h4-13H,3H2,1-2H3. The van der Waals surface area contributed by atoms with Crippen LogP contribution in [0.4, 0.5) is 0 Å². The molecule has 0 N–H and O–H groups in total. The van der Waals surface area contributed by atoms with Crippen molar-refractivity contribution >= 4 is 22.7 Å². The first kappa shape index (κ1) is 18.5. The minimum absolute atomic E-state index is 0.659. The number of para-hydroxylation sites is 1. The molecule has 0 aliphatic rings. The summed E-state index contributed by atoms with van der Waals surface area (Å²) in [6, 6.07) is 13.7. The van der Waals surface area contributed by atoms with E-state index in [-0.39, 0.29) is 0 Å². The average molecular weight is 414 g/mol. The fourth-order valence-corrected chi connectivity index (χ4v) is 4.30. The van der Waals surface area contributed by atoms with Crippen LogP contribution in [0, 0.1) is 6.92 Å². The summed E-state index contributed by atoms with van der Waals surface area (Å²) in [6.07, 6.45) is 5.16. The first-order valence-corrected chi connectivity index (χ1v) is 10.4. The molecule has 0 radical (unpaired) electrons. The molecule has 5 aromatic rings. The average Bonchev–Trinajstić information content (AvgIpc) is 3.39. The maximum absolute atomic E-state index is 5.45. The fourth-order valence-electron chi connectivity index (χ4n) is 3.31. The minimum atomic E-state index is 0.659. The van der Waals surface area contributed by atoms with E-state index in [9.17, 15) is 0 Å². The van der Waals surface area contributed by atoms with Crippen molar-refractivity contribution in [1.82, 2.24) is 29.7 Å². The van der Waals surface area contributed by atoms with E-state index >= 15 is 0 Å². The highest BCUT2D eigenvalue weighted by Gasteiger charge is 2.19. The van der Waals surface area contributed by atoms with Crippen LogP contribution in [0.1, 0.15) is 12.7 Å². The molecule has 5 rings (SSSR count). The first-order chi connectivity index (χ1) is 14.7. The number of hydrogen-bond donors (Lipinski definition) is 0. The number of aromatic nitrogens is 6. The highest BCUT2D eigenvalue weighted by molar-refractivity contribution is 7.99. The number of aryl methyl sites for hydroxylation is 1. The molecule has 0 amide bonds. The van der Waals surface area contributed by atoms with Gasteiger partial charge in [-0.25, -0.2) is 9.97 Å². The third kappa shape index (κ3) is 3.25. The van der Waals surface area contributed by atoms with Crippen molar-refractivity contribution in [2.45, 2.75) is 30.6 Å². The molecule has 30 heavy (non-hydrogen) atoms. The molecular formula is C22H18N6OS. The maximum atomic E-state index is 5.45. The molecule has 0 spiro atoms. The van der Waals surface area contributed by atoms with E-state index in [1.807, 2.05) is 49.4 Å². The number of benzene rings is 1. The molecule has 0 fully saturated rings. The summed E-state index contributed by atoms with van der Waals surface area (Å²) in [5, 5.41) is 11.5. The van der Waals surface area contributed by atoms with Gasteiger partial charge in [0.15, 0.2) is 16.8 Å². The summed E-state index contributed by atoms with van der Waals surface area (Å²) in [7, 11) is 0. The zero-order chi connectivity index (χ0) is 20.5. The van der Waals surface area contributed by atoms with E-state index in [0.717, 1.165) is 50.3 Å². The van der Waals surface area contributed by atoms with Crippen molar-refractivity contribution in [2.24, 2.45) is 0 Å². The number of furan rings is 1. The predicted octanol–water partition coefficient (Wildman–Crippen LogP) is 5.02. The molecule has 0 aliphatic heterocycles. The lowest BCUT2D eigenvalue weighted by molar-refractivity contribution is 0.534. The predicted molar refractivity (Wildman–Crippen MR) is 115 cm³/mol. The largest absolute Gasteiger partial charge is 0.469 e. The van der Waals surface area contributed by atoms with E-state index in [4.69, 9.17) is 14.4 Å². The van der Waals surface area contributed by atoms with Crippen molar-refractivity contribution in [3.8, 4) is 22.8 Å². The van der Waals surface area contributed by atoms with Gasteiger partial charge in [0.25, 0.3) is 0 Å². The number of nitrogens with zero attached hydrogens (tertiary/aromatic N) is 6. The highest BCUT2D eigenvalue weighted by Crippen LogP contribution is 2.34. The van der Waals surface area contributed by atoms with Gasteiger partial charge < -0.3 is 8.98 Å². The van der Waals surface area contributed by atoms with Gasteiger partial charge in [-0.05, 0) is 49.9 Å². The fraction of sp³-hybridized carbons (Fsp3) is 0.136. The van der Waals surface area contributed by atoms with E-state index in [1.165, 1.54) is 11.8 Å². The van der Waals surface area contributed by atoms with Gasteiger partial charge in [0.05, 0.1) is 17.3 Å². The molecule has 4 aromatic heterocycles. The van der Waals surface area contributed by atoms with E-state index in [2.05, 4.69) is 26.7 Å². The quantitative estimate of drug-likeness (QED) is 0.373. The molecular weight excluding hydrogens is 396 g/mol. The monoisotopic (exact) mass is 414 g/mol. The third-order valence-electron chi connectivity index (χ3n) is 4.83. The van der Waals surface area contributed by atoms with E-state index in [1.54, 1.807) is 18.7 Å². The Kier molecular flexibility index (Phi) is 4.76. The summed E-state index contributed by atoms with van der Waals surface area (Å²) in [4.78, 5) is 13.7. The molecule has 0 aliphatic carbocycles. The van der Waals surface area contributed by atoms with Gasteiger partial charge in [0, 0.05) is 29.9 Å². The summed E-state index contributed by atoms with van der Waals surface area (Å²) < 4.78 is 7.53. The molecule has 0 unspecified atom stereocenters. The summed E-state index contributed by atoms with van der Waals surface area (Å²) in [6.45, 7) is 4.73. The second kappa shape index (κ2) is 7.72. The van der Waals surface area contributed by atoms with Crippen LogP contribution in [-0.4, -0.2) is 29.7 Å². The zero-order valence-corrected chi connectivity index (χ0v) is 17.3. The Labute approximate surface area is 177 Å². The second-order valence-corrected chi connectivity index (χ2v) is 7.60. The van der Waals surface area contributed by atoms with Gasteiger partial charge >= 0.3 is 0 Å². The van der Waals surface area contributed by atoms with Crippen LogP contribution in [0.25, 0.3) is 33.7 Å². The lowest BCUT2D eigenvalue weighted by atomic mass is 10.2. The summed E-state index contributed by atoms with van der Waals surface area (Å²) >= 11 is 1.49. The minimum Gasteiger partial charge on any atom is -0.469 e. The Morgan fingerprint density at radius 2 is 1.83 bits per heavy atom. The second-order valence-electron chi connectivity index (χ2n) is 6.65. The van der Waals surface area contributed by atoms with E-state index in [0.29, 0.717) is 5.82 Å². The Balaban J connectivity index is 1.62. The zero-order valence-electron chi connectivity index (χ0n) is 16.5. The van der Waals surface area contributed by atoms with Crippen molar-refractivity contribution in [2.75, 3.05) is 0 Å². The van der Waals surface area contributed by atoms with Crippen LogP contribution in [0.15, 0.2) is 75.7 Å². The van der Waals surface area contributed by atoms with Crippen LogP contribution in [0.3, 0.4) is 0 Å². The highest BCUT2D eigenvalue weighted by atomic mass is 32.2. The van der Waals surface area contributed by atoms with Crippen molar-refractivity contribution in [3.63, 3.8) is 0 Å². The first-order valence-electron chi connectivity index (χ1n) is 9.57. The molecule has 0 bridgehead atoms. The normalized spacial score (nSPS) is 11.3. The van der Waals surface area contributed by atoms with Crippen molar-refractivity contribution in [3.05, 3.63) is 66.9 Å². The molecule has 1 aromatic carbocycles. The van der Waals surface area contributed by atoms with Crippen LogP contribution < -0.4 is 0 Å².